The second-order valence-electron chi connectivity index (χ2n) is 4.39. The van der Waals surface area contributed by atoms with Crippen LogP contribution < -0.4 is 10.5 Å². The fourth-order valence-electron chi connectivity index (χ4n) is 1.43. The smallest absolute Gasteiger partial charge is 0.246 e. The number of hydrogen-bond acceptors (Lipinski definition) is 5. The van der Waals surface area contributed by atoms with Crippen LogP contribution in [0.2, 0.25) is 0 Å². The molecule has 0 aliphatic heterocycles. The van der Waals surface area contributed by atoms with Crippen molar-refractivity contribution in [2.45, 2.75) is 38.3 Å². The van der Waals surface area contributed by atoms with Crippen molar-refractivity contribution in [2.24, 2.45) is 5.92 Å². The molecule has 1 aromatic heterocycles. The lowest BCUT2D eigenvalue weighted by Crippen LogP contribution is -2.41. The van der Waals surface area contributed by atoms with Crippen LogP contribution in [0.5, 0.6) is 0 Å². The Morgan fingerprint density at radius 3 is 2.56 bits per heavy atom. The number of nitrogens with two attached hydrogens (primary N) is 1. The van der Waals surface area contributed by atoms with Gasteiger partial charge < -0.3 is 10.8 Å². The lowest BCUT2D eigenvalue weighted by atomic mass is 10.1. The Hall–Kier alpha value is -1.12. The van der Waals surface area contributed by atoms with Crippen molar-refractivity contribution < 1.29 is 13.5 Å². The zero-order chi connectivity index (χ0) is 13.9. The topological polar surface area (TPSA) is 110 Å². The molecule has 4 N–H and O–H groups in total. The first-order valence-electron chi connectivity index (χ1n) is 5.78. The quantitative estimate of drug-likeness (QED) is 0.665. The van der Waals surface area contributed by atoms with Gasteiger partial charge in [-0.2, -0.15) is 5.10 Å². The first kappa shape index (κ1) is 14.9. The Balaban J connectivity index is 3.02. The van der Waals surface area contributed by atoms with Crippen LogP contribution in [0.15, 0.2) is 11.1 Å². The van der Waals surface area contributed by atoms with Crippen molar-refractivity contribution in [3.63, 3.8) is 0 Å². The predicted octanol–water partition coefficient (Wildman–Crippen LogP) is -0.220. The molecule has 0 aromatic carbocycles. The van der Waals surface area contributed by atoms with Crippen LogP contribution in [0.4, 0.5) is 5.82 Å². The lowest BCUT2D eigenvalue weighted by Gasteiger charge is -2.19. The van der Waals surface area contributed by atoms with Gasteiger partial charge in [-0.25, -0.2) is 13.1 Å². The summed E-state index contributed by atoms with van der Waals surface area (Å²) >= 11 is 0. The van der Waals surface area contributed by atoms with Crippen LogP contribution >= 0.6 is 0 Å². The maximum Gasteiger partial charge on any atom is 0.246 e. The molecule has 0 bridgehead atoms. The Bertz CT molecular complexity index is 495. The molecule has 0 aliphatic carbocycles. The molecule has 0 radical (unpaired) electrons. The van der Waals surface area contributed by atoms with E-state index in [2.05, 4.69) is 9.82 Å². The first-order chi connectivity index (χ1) is 8.31. The summed E-state index contributed by atoms with van der Waals surface area (Å²) in [5, 5.41) is 13.0. The van der Waals surface area contributed by atoms with Gasteiger partial charge in [-0.1, -0.05) is 13.8 Å². The number of nitrogens with zero attached hydrogens (tertiary/aromatic N) is 2. The average molecular weight is 276 g/mol. The van der Waals surface area contributed by atoms with Crippen LogP contribution in [-0.2, 0) is 16.6 Å². The summed E-state index contributed by atoms with van der Waals surface area (Å²) in [6.45, 7) is 5.75. The minimum absolute atomic E-state index is 0.0211. The van der Waals surface area contributed by atoms with Gasteiger partial charge in [-0.15, -0.1) is 0 Å². The Morgan fingerprint density at radius 1 is 1.56 bits per heavy atom. The van der Waals surface area contributed by atoms with Gasteiger partial charge in [0.1, 0.15) is 4.90 Å². The number of anilines is 1. The van der Waals surface area contributed by atoms with E-state index in [9.17, 15) is 8.42 Å². The summed E-state index contributed by atoms with van der Waals surface area (Å²) in [4.78, 5) is -0.0524. The van der Waals surface area contributed by atoms with Crippen LogP contribution in [0, 0.1) is 5.92 Å². The summed E-state index contributed by atoms with van der Waals surface area (Å²) < 4.78 is 28.1. The summed E-state index contributed by atoms with van der Waals surface area (Å²) in [5.74, 6) is -0.0583. The molecule has 0 aliphatic rings. The highest BCUT2D eigenvalue weighted by Crippen LogP contribution is 2.17. The summed E-state index contributed by atoms with van der Waals surface area (Å²) in [5.41, 5.74) is 5.58. The fraction of sp³-hybridized carbons (Fsp3) is 0.700. The largest absolute Gasteiger partial charge is 0.395 e. The zero-order valence-electron chi connectivity index (χ0n) is 10.8. The van der Waals surface area contributed by atoms with E-state index < -0.39 is 16.1 Å². The van der Waals surface area contributed by atoms with Crippen molar-refractivity contribution in [3.05, 3.63) is 6.20 Å². The molecular weight excluding hydrogens is 256 g/mol. The molecule has 18 heavy (non-hydrogen) atoms. The second-order valence-corrected chi connectivity index (χ2v) is 6.07. The molecule has 1 aromatic rings. The molecule has 0 spiro atoms. The third-order valence-corrected chi connectivity index (χ3v) is 4.18. The number of aliphatic hydroxyl groups excluding tert-OH is 1. The Kier molecular flexibility index (Phi) is 4.71. The molecular formula is C10H20N4O3S. The fourth-order valence-corrected chi connectivity index (χ4v) is 2.88. The van der Waals surface area contributed by atoms with Crippen LogP contribution in [0.25, 0.3) is 0 Å². The minimum atomic E-state index is -3.75. The molecule has 8 heteroatoms. The third-order valence-electron chi connectivity index (χ3n) is 2.68. The molecule has 0 unspecified atom stereocenters. The first-order valence-corrected chi connectivity index (χ1v) is 7.26. The Labute approximate surface area is 107 Å². The van der Waals surface area contributed by atoms with Gasteiger partial charge in [0, 0.05) is 18.8 Å². The van der Waals surface area contributed by atoms with E-state index >= 15 is 0 Å². The molecule has 0 saturated carbocycles. The SMILES string of the molecule is CCn1cc(S(=O)(=O)N[C@H](CO)C(C)C)c(N)n1. The number of aryl methyl sites for hydroxylation is 1. The standard InChI is InChI=1S/C10H20N4O3S/c1-4-14-5-9(10(11)12-14)18(16,17)13-8(6-15)7(2)3/h5,7-8,13,15H,4,6H2,1-3H3,(H2,11,12)/t8-/m1/s1. The molecule has 0 amide bonds. The van der Waals surface area contributed by atoms with Gasteiger partial charge >= 0.3 is 0 Å². The number of nitrogens with one attached hydrogen (secondary N) is 1. The van der Waals surface area contributed by atoms with Gasteiger partial charge in [0.15, 0.2) is 5.82 Å². The van der Waals surface area contributed by atoms with E-state index in [0.29, 0.717) is 6.54 Å². The van der Waals surface area contributed by atoms with E-state index in [0.717, 1.165) is 0 Å². The van der Waals surface area contributed by atoms with Gasteiger partial charge in [-0.3, -0.25) is 4.68 Å². The van der Waals surface area contributed by atoms with E-state index in [1.54, 1.807) is 0 Å². The third kappa shape index (κ3) is 3.21. The molecule has 1 atom stereocenters. The van der Waals surface area contributed by atoms with Crippen LogP contribution in [0.1, 0.15) is 20.8 Å². The van der Waals surface area contributed by atoms with Crippen molar-refractivity contribution >= 4 is 15.8 Å². The number of nitrogen functional groups attached to an aromatic ring is 1. The van der Waals surface area contributed by atoms with Gasteiger partial charge in [0.2, 0.25) is 10.0 Å². The number of aliphatic hydroxyl groups is 1. The average Bonchev–Trinajstić information content (AvgIpc) is 2.68. The lowest BCUT2D eigenvalue weighted by molar-refractivity contribution is 0.227. The normalized spacial score (nSPS) is 14.1. The minimum Gasteiger partial charge on any atom is -0.395 e. The van der Waals surface area contributed by atoms with Gasteiger partial charge in [0.25, 0.3) is 0 Å². The van der Waals surface area contributed by atoms with E-state index in [-0.39, 0.29) is 23.2 Å². The highest BCUT2D eigenvalue weighted by atomic mass is 32.2. The van der Waals surface area contributed by atoms with Crippen molar-refractivity contribution in [3.8, 4) is 0 Å². The van der Waals surface area contributed by atoms with E-state index in [1.807, 2.05) is 20.8 Å². The maximum atomic E-state index is 12.1. The maximum absolute atomic E-state index is 12.1. The molecule has 1 heterocycles. The van der Waals surface area contributed by atoms with Crippen molar-refractivity contribution in [2.75, 3.05) is 12.3 Å². The molecule has 104 valence electrons. The molecule has 0 saturated heterocycles. The van der Waals surface area contributed by atoms with Crippen LogP contribution in [-0.4, -0.2) is 36.0 Å². The van der Waals surface area contributed by atoms with Crippen molar-refractivity contribution in [1.29, 1.82) is 0 Å². The highest BCUT2D eigenvalue weighted by Gasteiger charge is 2.25. The van der Waals surface area contributed by atoms with E-state index in [1.165, 1.54) is 10.9 Å². The van der Waals surface area contributed by atoms with Crippen LogP contribution in [0.3, 0.4) is 0 Å². The number of rotatable bonds is 6. The zero-order valence-corrected chi connectivity index (χ0v) is 11.6. The molecule has 7 nitrogen and oxygen atoms in total. The Morgan fingerprint density at radius 2 is 2.17 bits per heavy atom. The predicted molar refractivity (Wildman–Crippen MR) is 68.3 cm³/mol. The summed E-state index contributed by atoms with van der Waals surface area (Å²) in [6, 6.07) is -0.542. The summed E-state index contributed by atoms with van der Waals surface area (Å²) in [6.07, 6.45) is 1.38. The molecule has 1 rings (SSSR count). The van der Waals surface area contributed by atoms with Gasteiger partial charge in [-0.05, 0) is 12.8 Å². The van der Waals surface area contributed by atoms with Gasteiger partial charge in [0.05, 0.1) is 6.61 Å². The molecule has 0 fully saturated rings. The monoisotopic (exact) mass is 276 g/mol. The number of hydrogen-bond donors (Lipinski definition) is 3. The summed E-state index contributed by atoms with van der Waals surface area (Å²) in [7, 11) is -3.75. The van der Waals surface area contributed by atoms with Crippen molar-refractivity contribution in [1.82, 2.24) is 14.5 Å². The number of sulfonamides is 1. The highest BCUT2D eigenvalue weighted by molar-refractivity contribution is 7.89. The number of aromatic nitrogens is 2. The van der Waals surface area contributed by atoms with E-state index in [4.69, 9.17) is 10.8 Å². The second kappa shape index (κ2) is 5.68.